The molecule has 0 aliphatic carbocycles. The first-order valence-electron chi connectivity index (χ1n) is 10.4. The molecule has 0 spiro atoms. The van der Waals surface area contributed by atoms with Crippen molar-refractivity contribution in [2.75, 3.05) is 5.32 Å². The predicted octanol–water partition coefficient (Wildman–Crippen LogP) is 5.50. The lowest BCUT2D eigenvalue weighted by Crippen LogP contribution is -2.19. The normalized spacial score (nSPS) is 11.6. The zero-order chi connectivity index (χ0) is 24.5. The number of nitrogens with zero attached hydrogens (tertiary/aromatic N) is 2. The van der Waals surface area contributed by atoms with Gasteiger partial charge in [-0.1, -0.05) is 35.9 Å². The van der Waals surface area contributed by atoms with Crippen LogP contribution in [0, 0.1) is 13.8 Å². The van der Waals surface area contributed by atoms with E-state index in [9.17, 15) is 22.8 Å². The Morgan fingerprint density at radius 1 is 1.15 bits per heavy atom. The fourth-order valence-corrected chi connectivity index (χ4v) is 4.26. The number of carbonyl (C=O) groups excluding carboxylic acids is 1. The minimum Gasteiger partial charge on any atom is -0.326 e. The molecule has 34 heavy (non-hydrogen) atoms. The predicted molar refractivity (Wildman–Crippen MR) is 125 cm³/mol. The van der Waals surface area contributed by atoms with E-state index in [2.05, 4.69) is 15.4 Å². The van der Waals surface area contributed by atoms with E-state index in [0.29, 0.717) is 16.4 Å². The second-order valence-electron chi connectivity index (χ2n) is 7.86. The number of hydrogen-bond acceptors (Lipinski definition) is 4. The molecule has 10 heteroatoms. The third-order valence-corrected chi connectivity index (χ3v) is 6.13. The van der Waals surface area contributed by atoms with Crippen molar-refractivity contribution >= 4 is 22.9 Å². The van der Waals surface area contributed by atoms with Gasteiger partial charge in [-0.05, 0) is 38.5 Å². The Morgan fingerprint density at radius 2 is 1.88 bits per heavy atom. The van der Waals surface area contributed by atoms with Gasteiger partial charge in [0.25, 0.3) is 5.56 Å². The Balaban J connectivity index is 1.46. The van der Waals surface area contributed by atoms with E-state index in [1.807, 2.05) is 36.6 Å². The summed E-state index contributed by atoms with van der Waals surface area (Å²) in [5.74, 6) is -0.484. The number of benzene rings is 2. The molecular weight excluding hydrogens is 465 g/mol. The fourth-order valence-electron chi connectivity index (χ4n) is 3.47. The lowest BCUT2D eigenvalue weighted by atomic mass is 10.1. The number of halogens is 3. The minimum absolute atomic E-state index is 0.0504. The van der Waals surface area contributed by atoms with Crippen LogP contribution in [-0.4, -0.2) is 20.7 Å². The van der Waals surface area contributed by atoms with Crippen LogP contribution in [0.3, 0.4) is 0 Å². The number of amides is 1. The van der Waals surface area contributed by atoms with Crippen LogP contribution < -0.4 is 10.9 Å². The molecule has 0 aliphatic heterocycles. The standard InChI is InChI=1S/C24H21F3N4O2S/c1-14-6-8-16(9-7-14)20-13-34-23(29-20)31-22(33)19(15(2)30-31)10-11-21(32)28-18-5-3-4-17(12-18)24(25,26)27/h3-9,12-13,30H,10-11H2,1-2H3,(H,28,32). The van der Waals surface area contributed by atoms with E-state index in [0.717, 1.165) is 29.0 Å². The number of hydrogen-bond donors (Lipinski definition) is 2. The average Bonchev–Trinajstić information content (AvgIpc) is 3.37. The van der Waals surface area contributed by atoms with Gasteiger partial charge in [-0.3, -0.25) is 14.7 Å². The van der Waals surface area contributed by atoms with Crippen LogP contribution in [-0.2, 0) is 17.4 Å². The van der Waals surface area contributed by atoms with Gasteiger partial charge in [0, 0.05) is 34.3 Å². The van der Waals surface area contributed by atoms with E-state index in [1.165, 1.54) is 28.2 Å². The Hall–Kier alpha value is -3.66. The highest BCUT2D eigenvalue weighted by Gasteiger charge is 2.30. The SMILES string of the molecule is Cc1ccc(-c2csc(-n3[nH]c(C)c(CCC(=O)Nc4cccc(C(F)(F)F)c4)c3=O)n2)cc1. The Labute approximate surface area is 197 Å². The molecule has 0 radical (unpaired) electrons. The molecule has 2 aromatic heterocycles. The average molecular weight is 487 g/mol. The number of aryl methyl sites for hydroxylation is 2. The van der Waals surface area contributed by atoms with Crippen LogP contribution >= 0.6 is 11.3 Å². The molecule has 2 heterocycles. The Kier molecular flexibility index (Phi) is 6.43. The second kappa shape index (κ2) is 9.30. The van der Waals surface area contributed by atoms with E-state index >= 15 is 0 Å². The number of H-pyrrole nitrogens is 1. The van der Waals surface area contributed by atoms with Crippen molar-refractivity contribution < 1.29 is 18.0 Å². The number of thiazole rings is 1. The van der Waals surface area contributed by atoms with Gasteiger partial charge >= 0.3 is 6.18 Å². The van der Waals surface area contributed by atoms with Crippen molar-refractivity contribution in [3.63, 3.8) is 0 Å². The highest BCUT2D eigenvalue weighted by molar-refractivity contribution is 7.12. The Bertz CT molecular complexity index is 1380. The molecule has 1 amide bonds. The molecule has 4 rings (SSSR count). The largest absolute Gasteiger partial charge is 0.416 e. The molecule has 4 aromatic rings. The topological polar surface area (TPSA) is 79.8 Å². The molecule has 0 bridgehead atoms. The number of aromatic nitrogens is 3. The van der Waals surface area contributed by atoms with E-state index in [-0.39, 0.29) is 24.1 Å². The van der Waals surface area contributed by atoms with Crippen LogP contribution in [0.25, 0.3) is 16.4 Å². The molecule has 0 saturated heterocycles. The van der Waals surface area contributed by atoms with Crippen molar-refractivity contribution in [3.05, 3.63) is 86.6 Å². The highest BCUT2D eigenvalue weighted by atomic mass is 32.1. The van der Waals surface area contributed by atoms with Gasteiger partial charge < -0.3 is 5.32 Å². The lowest BCUT2D eigenvalue weighted by molar-refractivity contribution is -0.137. The number of alkyl halides is 3. The molecule has 2 aromatic carbocycles. The maximum absolute atomic E-state index is 12.9. The van der Waals surface area contributed by atoms with Crippen molar-refractivity contribution in [1.82, 2.24) is 14.8 Å². The van der Waals surface area contributed by atoms with Gasteiger partial charge in [0.1, 0.15) is 0 Å². The van der Waals surface area contributed by atoms with Crippen molar-refractivity contribution in [1.29, 1.82) is 0 Å². The quantitative estimate of drug-likeness (QED) is 0.378. The summed E-state index contributed by atoms with van der Waals surface area (Å²) in [6.07, 6.45) is -4.42. The first-order chi connectivity index (χ1) is 16.1. The van der Waals surface area contributed by atoms with Gasteiger partial charge in [0.15, 0.2) is 0 Å². The summed E-state index contributed by atoms with van der Waals surface area (Å²) < 4.78 is 39.9. The first-order valence-corrected chi connectivity index (χ1v) is 11.3. The zero-order valence-corrected chi connectivity index (χ0v) is 19.2. The molecule has 0 saturated carbocycles. The van der Waals surface area contributed by atoms with Crippen molar-refractivity contribution in [2.24, 2.45) is 0 Å². The number of rotatable bonds is 6. The minimum atomic E-state index is -4.50. The van der Waals surface area contributed by atoms with Gasteiger partial charge in [-0.25, -0.2) is 4.98 Å². The number of aromatic amines is 1. The highest BCUT2D eigenvalue weighted by Crippen LogP contribution is 2.30. The number of nitrogens with one attached hydrogen (secondary N) is 2. The molecular formula is C24H21F3N4O2S. The second-order valence-corrected chi connectivity index (χ2v) is 8.70. The van der Waals surface area contributed by atoms with Crippen molar-refractivity contribution in [2.45, 2.75) is 32.9 Å². The van der Waals surface area contributed by atoms with Crippen LogP contribution in [0.1, 0.15) is 28.8 Å². The van der Waals surface area contributed by atoms with Crippen LogP contribution in [0.5, 0.6) is 0 Å². The molecule has 0 fully saturated rings. The van der Waals surface area contributed by atoms with Gasteiger partial charge in [-0.2, -0.15) is 17.9 Å². The Morgan fingerprint density at radius 3 is 2.59 bits per heavy atom. The summed E-state index contributed by atoms with van der Waals surface area (Å²) in [6, 6.07) is 12.3. The van der Waals surface area contributed by atoms with Crippen LogP contribution in [0.2, 0.25) is 0 Å². The molecule has 0 atom stereocenters. The fraction of sp³-hybridized carbons (Fsp3) is 0.208. The summed E-state index contributed by atoms with van der Waals surface area (Å²) in [7, 11) is 0. The molecule has 6 nitrogen and oxygen atoms in total. The lowest BCUT2D eigenvalue weighted by Gasteiger charge is -2.09. The maximum Gasteiger partial charge on any atom is 0.416 e. The third-order valence-electron chi connectivity index (χ3n) is 5.30. The summed E-state index contributed by atoms with van der Waals surface area (Å²) in [6.45, 7) is 3.73. The van der Waals surface area contributed by atoms with E-state index < -0.39 is 17.6 Å². The monoisotopic (exact) mass is 486 g/mol. The number of carbonyl (C=O) groups is 1. The summed E-state index contributed by atoms with van der Waals surface area (Å²) >= 11 is 1.32. The molecule has 2 N–H and O–H groups in total. The van der Waals surface area contributed by atoms with Gasteiger partial charge in [0.2, 0.25) is 11.0 Å². The van der Waals surface area contributed by atoms with E-state index in [4.69, 9.17) is 0 Å². The van der Waals surface area contributed by atoms with Gasteiger partial charge in [0.05, 0.1) is 11.3 Å². The maximum atomic E-state index is 12.9. The summed E-state index contributed by atoms with van der Waals surface area (Å²) in [5.41, 5.74) is 2.75. The summed E-state index contributed by atoms with van der Waals surface area (Å²) in [5, 5.41) is 7.80. The van der Waals surface area contributed by atoms with Crippen LogP contribution in [0.4, 0.5) is 18.9 Å². The van der Waals surface area contributed by atoms with Crippen LogP contribution in [0.15, 0.2) is 58.7 Å². The van der Waals surface area contributed by atoms with Gasteiger partial charge in [-0.15, -0.1) is 11.3 Å². The summed E-state index contributed by atoms with van der Waals surface area (Å²) in [4.78, 5) is 29.8. The third kappa shape index (κ3) is 5.12. The first kappa shape index (κ1) is 23.5. The molecule has 0 unspecified atom stereocenters. The van der Waals surface area contributed by atoms with Crippen molar-refractivity contribution in [3.8, 4) is 16.4 Å². The molecule has 0 aliphatic rings. The van der Waals surface area contributed by atoms with E-state index in [1.54, 1.807) is 6.92 Å². The zero-order valence-electron chi connectivity index (χ0n) is 18.4. The molecule has 176 valence electrons. The number of anilines is 1. The smallest absolute Gasteiger partial charge is 0.326 e.